The van der Waals surface area contributed by atoms with Gasteiger partial charge in [0.2, 0.25) is 0 Å². The average Bonchev–Trinajstić information content (AvgIpc) is 2.61. The summed E-state index contributed by atoms with van der Waals surface area (Å²) in [5, 5.41) is 6.37. The molecule has 1 unspecified atom stereocenters. The zero-order chi connectivity index (χ0) is 19.9. The number of hydrogen-bond acceptors (Lipinski definition) is 2. The van der Waals surface area contributed by atoms with Crippen LogP contribution in [0.5, 0.6) is 0 Å². The first-order valence-electron chi connectivity index (χ1n) is 10.8. The summed E-state index contributed by atoms with van der Waals surface area (Å²) in [6.45, 7) is 4.24. The quantitative estimate of drug-likeness (QED) is 0.702. The Hall–Kier alpha value is -1.88. The molecule has 0 aromatic heterocycles. The number of hydrogen-bond donors (Lipinski definition) is 3. The van der Waals surface area contributed by atoms with Gasteiger partial charge in [-0.25, -0.2) is 0 Å². The summed E-state index contributed by atoms with van der Waals surface area (Å²) in [5.41, 5.74) is 2.00. The minimum atomic E-state index is -0.239. The molecule has 0 spiro atoms. The molecule has 1 aromatic rings. The third kappa shape index (κ3) is 4.09. The Balaban J connectivity index is 1.31. The average molecular weight is 385 g/mol. The van der Waals surface area contributed by atoms with E-state index in [1.165, 1.54) is 19.3 Å². The summed E-state index contributed by atoms with van der Waals surface area (Å²) in [7, 11) is 1.93. The van der Waals surface area contributed by atoms with Gasteiger partial charge in [0.15, 0.2) is 12.6 Å². The molecule has 5 heteroatoms. The molecular weight excluding hydrogens is 350 g/mol. The molecule has 0 aliphatic heterocycles. The smallest absolute Gasteiger partial charge is 0.279 e. The van der Waals surface area contributed by atoms with Crippen molar-refractivity contribution in [2.24, 2.45) is 17.8 Å². The van der Waals surface area contributed by atoms with Gasteiger partial charge < -0.3 is 15.5 Å². The lowest BCUT2D eigenvalue weighted by atomic mass is 9.53. The van der Waals surface area contributed by atoms with Gasteiger partial charge in [-0.3, -0.25) is 9.59 Å². The fourth-order valence-corrected chi connectivity index (χ4v) is 6.11. The topological polar surface area (TPSA) is 62.6 Å². The number of anilines is 1. The Morgan fingerprint density at radius 3 is 2.14 bits per heavy atom. The van der Waals surface area contributed by atoms with E-state index in [0.717, 1.165) is 53.2 Å². The molecule has 4 fully saturated rings. The summed E-state index contributed by atoms with van der Waals surface area (Å²) in [6, 6.07) is 7.54. The maximum absolute atomic E-state index is 13.0. The second-order valence-electron chi connectivity index (χ2n) is 9.85. The van der Waals surface area contributed by atoms with Crippen LogP contribution >= 0.6 is 0 Å². The van der Waals surface area contributed by atoms with Crippen molar-refractivity contribution in [2.75, 3.05) is 18.9 Å². The second kappa shape index (κ2) is 7.51. The van der Waals surface area contributed by atoms with Gasteiger partial charge >= 0.3 is 0 Å². The molecule has 0 radical (unpaired) electrons. The van der Waals surface area contributed by atoms with E-state index in [4.69, 9.17) is 0 Å². The Morgan fingerprint density at radius 2 is 1.61 bits per heavy atom. The minimum Gasteiger partial charge on any atom is -0.345 e. The highest BCUT2D eigenvalue weighted by Gasteiger charge is 2.52. The van der Waals surface area contributed by atoms with Gasteiger partial charge in [0.05, 0.1) is 7.05 Å². The van der Waals surface area contributed by atoms with E-state index in [2.05, 4.69) is 10.6 Å². The molecular formula is C23H34N3O2+. The Labute approximate surface area is 168 Å². The van der Waals surface area contributed by atoms with Crippen LogP contribution in [0.1, 0.15) is 51.0 Å². The zero-order valence-corrected chi connectivity index (χ0v) is 17.4. The van der Waals surface area contributed by atoms with E-state index in [1.807, 2.05) is 45.2 Å². The van der Waals surface area contributed by atoms with E-state index in [1.54, 1.807) is 0 Å². The van der Waals surface area contributed by atoms with Crippen LogP contribution in [0, 0.1) is 24.7 Å². The molecule has 4 bridgehead atoms. The molecule has 4 aliphatic carbocycles. The van der Waals surface area contributed by atoms with Crippen LogP contribution in [0.2, 0.25) is 0 Å². The number of likely N-dealkylation sites (N-methyl/N-ethyl adjacent to an activating group) is 1. The largest absolute Gasteiger partial charge is 0.345 e. The van der Waals surface area contributed by atoms with E-state index < -0.39 is 0 Å². The number of nitrogens with one attached hydrogen (secondary N) is 3. The summed E-state index contributed by atoms with van der Waals surface area (Å²) >= 11 is 0. The third-order valence-electron chi connectivity index (χ3n) is 7.33. The molecule has 28 heavy (non-hydrogen) atoms. The van der Waals surface area contributed by atoms with Crippen molar-refractivity contribution in [3.05, 3.63) is 29.8 Å². The predicted molar refractivity (Wildman–Crippen MR) is 110 cm³/mol. The van der Waals surface area contributed by atoms with Gasteiger partial charge in [0, 0.05) is 11.2 Å². The standard InChI is InChI=1S/C23H33N3O2/c1-15-4-6-20(7-5-15)24-21(27)14-26(3)16(2)22(28)25-23-11-17-8-18(12-23)10-19(9-17)13-23/h4-7,16-19H,8-14H2,1-3H3,(H,24,27)(H,25,28)/p+1/t16-,17?,18?,19?,23?/m1/s1. The molecule has 152 valence electrons. The number of amides is 2. The Kier molecular flexibility index (Phi) is 5.21. The molecule has 1 aromatic carbocycles. The Morgan fingerprint density at radius 1 is 1.07 bits per heavy atom. The molecule has 0 saturated heterocycles. The predicted octanol–water partition coefficient (Wildman–Crippen LogP) is 1.92. The maximum Gasteiger partial charge on any atom is 0.279 e. The van der Waals surface area contributed by atoms with Gasteiger partial charge in [-0.2, -0.15) is 0 Å². The summed E-state index contributed by atoms with van der Waals surface area (Å²) in [6.07, 6.45) is 7.58. The molecule has 4 aliphatic rings. The molecule has 4 saturated carbocycles. The minimum absolute atomic E-state index is 0.0323. The van der Waals surface area contributed by atoms with Crippen LogP contribution in [0.3, 0.4) is 0 Å². The van der Waals surface area contributed by atoms with Crippen LogP contribution in [-0.2, 0) is 9.59 Å². The monoisotopic (exact) mass is 384 g/mol. The van der Waals surface area contributed by atoms with Gasteiger partial charge in [0.1, 0.15) is 0 Å². The van der Waals surface area contributed by atoms with Crippen molar-refractivity contribution >= 4 is 17.5 Å². The van der Waals surface area contributed by atoms with E-state index >= 15 is 0 Å². The molecule has 5 rings (SSSR count). The lowest BCUT2D eigenvalue weighted by molar-refractivity contribution is -0.885. The fraction of sp³-hybridized carbons (Fsp3) is 0.652. The number of carbonyl (C=O) groups excluding carboxylic acids is 2. The fourth-order valence-electron chi connectivity index (χ4n) is 6.11. The zero-order valence-electron chi connectivity index (χ0n) is 17.4. The van der Waals surface area contributed by atoms with Crippen molar-refractivity contribution in [1.29, 1.82) is 0 Å². The van der Waals surface area contributed by atoms with Crippen molar-refractivity contribution < 1.29 is 14.5 Å². The van der Waals surface area contributed by atoms with Crippen LogP contribution in [0.15, 0.2) is 24.3 Å². The highest BCUT2D eigenvalue weighted by molar-refractivity contribution is 5.91. The highest BCUT2D eigenvalue weighted by atomic mass is 16.2. The van der Waals surface area contributed by atoms with Gasteiger partial charge in [-0.1, -0.05) is 17.7 Å². The van der Waals surface area contributed by atoms with Gasteiger partial charge in [-0.05, 0) is 82.3 Å². The first-order chi connectivity index (χ1) is 13.3. The first-order valence-corrected chi connectivity index (χ1v) is 10.8. The number of carbonyl (C=O) groups is 2. The SMILES string of the molecule is Cc1ccc(NC(=O)C[NH+](C)[C@H](C)C(=O)NC23CC4CC(CC(C4)C2)C3)cc1. The lowest BCUT2D eigenvalue weighted by Gasteiger charge is -2.57. The van der Waals surface area contributed by atoms with Crippen LogP contribution in [0.25, 0.3) is 0 Å². The van der Waals surface area contributed by atoms with Crippen LogP contribution in [-0.4, -0.2) is 37.0 Å². The van der Waals surface area contributed by atoms with Crippen molar-refractivity contribution in [2.45, 2.75) is 64.0 Å². The summed E-state index contributed by atoms with van der Waals surface area (Å²) in [5.74, 6) is 2.48. The summed E-state index contributed by atoms with van der Waals surface area (Å²) in [4.78, 5) is 26.3. The molecule has 3 N–H and O–H groups in total. The maximum atomic E-state index is 13.0. The normalized spacial score (nSPS) is 32.6. The lowest BCUT2D eigenvalue weighted by Crippen LogP contribution is -3.15. The second-order valence-corrected chi connectivity index (χ2v) is 9.85. The van der Waals surface area contributed by atoms with Gasteiger partial charge in [-0.15, -0.1) is 0 Å². The number of rotatable bonds is 6. The third-order valence-corrected chi connectivity index (χ3v) is 7.33. The molecule has 2 amide bonds. The van der Waals surface area contributed by atoms with Crippen molar-refractivity contribution in [3.8, 4) is 0 Å². The Bertz CT molecular complexity index is 707. The van der Waals surface area contributed by atoms with Crippen molar-refractivity contribution in [3.63, 3.8) is 0 Å². The number of aryl methyl sites for hydroxylation is 1. The number of benzene rings is 1. The highest BCUT2D eigenvalue weighted by Crippen LogP contribution is 2.55. The van der Waals surface area contributed by atoms with Crippen molar-refractivity contribution in [1.82, 2.24) is 5.32 Å². The summed E-state index contributed by atoms with van der Waals surface area (Å²) < 4.78 is 0. The molecule has 2 atom stereocenters. The van der Waals surface area contributed by atoms with Crippen LogP contribution < -0.4 is 15.5 Å². The molecule has 0 heterocycles. The molecule has 5 nitrogen and oxygen atoms in total. The van der Waals surface area contributed by atoms with Gasteiger partial charge in [0.25, 0.3) is 11.8 Å². The van der Waals surface area contributed by atoms with E-state index in [0.29, 0.717) is 0 Å². The first kappa shape index (κ1) is 19.4. The van der Waals surface area contributed by atoms with E-state index in [-0.39, 0.29) is 29.9 Å². The number of quaternary nitrogens is 1. The van der Waals surface area contributed by atoms with E-state index in [9.17, 15) is 9.59 Å². The van der Waals surface area contributed by atoms with Crippen LogP contribution in [0.4, 0.5) is 5.69 Å².